The number of aromatic nitrogens is 4. The number of halogens is 1. The lowest BCUT2D eigenvalue weighted by Crippen LogP contribution is -2.12. The molecule has 0 aliphatic carbocycles. The molecule has 0 aliphatic rings. The molecule has 0 saturated carbocycles. The van der Waals surface area contributed by atoms with E-state index in [4.69, 9.17) is 0 Å². The number of nitrogens with zero attached hydrogens (tertiary/aromatic N) is 4. The number of rotatable bonds is 3. The number of carbonyl (C=O) groups excluding carboxylic acids is 1. The molecule has 21 heavy (non-hydrogen) atoms. The number of benzene rings is 2. The van der Waals surface area contributed by atoms with Crippen LogP contribution in [0.3, 0.4) is 0 Å². The standard InChI is InChI=1S/C14H10FN5O/c15-11-2-1-3-12(8-11)17-14(21)10-4-6-13(7-5-10)20-9-16-18-19-20/h1-9H,(H,17,21). The van der Waals surface area contributed by atoms with Crippen molar-refractivity contribution >= 4 is 11.6 Å². The summed E-state index contributed by atoms with van der Waals surface area (Å²) in [6.45, 7) is 0. The van der Waals surface area contributed by atoms with Gasteiger partial charge in [0.1, 0.15) is 12.1 Å². The Balaban J connectivity index is 1.76. The minimum atomic E-state index is -0.401. The first kappa shape index (κ1) is 12.9. The zero-order chi connectivity index (χ0) is 14.7. The third-order valence-electron chi connectivity index (χ3n) is 2.83. The van der Waals surface area contributed by atoms with Crippen LogP contribution < -0.4 is 5.32 Å². The Morgan fingerprint density at radius 1 is 1.14 bits per heavy atom. The molecule has 0 bridgehead atoms. The summed E-state index contributed by atoms with van der Waals surface area (Å²) in [5.74, 6) is -0.717. The van der Waals surface area contributed by atoms with Gasteiger partial charge in [-0.05, 0) is 52.9 Å². The second-order valence-electron chi connectivity index (χ2n) is 4.27. The van der Waals surface area contributed by atoms with Gasteiger partial charge in [0.25, 0.3) is 5.91 Å². The van der Waals surface area contributed by atoms with E-state index in [0.29, 0.717) is 11.3 Å². The lowest BCUT2D eigenvalue weighted by atomic mass is 10.2. The molecule has 1 aromatic heterocycles. The third kappa shape index (κ3) is 2.92. The first-order valence-electron chi connectivity index (χ1n) is 6.13. The van der Waals surface area contributed by atoms with Crippen LogP contribution in [0.2, 0.25) is 0 Å². The van der Waals surface area contributed by atoms with Crippen molar-refractivity contribution in [3.63, 3.8) is 0 Å². The van der Waals surface area contributed by atoms with Crippen molar-refractivity contribution in [1.29, 1.82) is 0 Å². The highest BCUT2D eigenvalue weighted by Gasteiger charge is 2.07. The van der Waals surface area contributed by atoms with Gasteiger partial charge in [-0.15, -0.1) is 5.10 Å². The van der Waals surface area contributed by atoms with Gasteiger partial charge < -0.3 is 5.32 Å². The Hall–Kier alpha value is -3.09. The predicted octanol–water partition coefficient (Wildman–Crippen LogP) is 2.05. The van der Waals surface area contributed by atoms with Crippen LogP contribution in [0.25, 0.3) is 5.69 Å². The van der Waals surface area contributed by atoms with Crippen molar-refractivity contribution in [2.75, 3.05) is 5.32 Å². The maximum atomic E-state index is 13.1. The normalized spacial score (nSPS) is 10.3. The Bertz CT molecular complexity index is 755. The molecule has 2 aromatic carbocycles. The second-order valence-corrected chi connectivity index (χ2v) is 4.27. The molecule has 7 heteroatoms. The average Bonchev–Trinajstić information content (AvgIpc) is 3.01. The fraction of sp³-hybridized carbons (Fsp3) is 0. The zero-order valence-electron chi connectivity index (χ0n) is 10.8. The van der Waals surface area contributed by atoms with Crippen LogP contribution >= 0.6 is 0 Å². The average molecular weight is 283 g/mol. The lowest BCUT2D eigenvalue weighted by Gasteiger charge is -2.06. The van der Waals surface area contributed by atoms with Crippen molar-refractivity contribution in [2.45, 2.75) is 0 Å². The number of hydrogen-bond acceptors (Lipinski definition) is 4. The van der Waals surface area contributed by atoms with E-state index in [2.05, 4.69) is 20.8 Å². The van der Waals surface area contributed by atoms with Crippen molar-refractivity contribution in [3.05, 3.63) is 66.2 Å². The van der Waals surface area contributed by atoms with E-state index in [0.717, 1.165) is 5.69 Å². The highest BCUT2D eigenvalue weighted by atomic mass is 19.1. The third-order valence-corrected chi connectivity index (χ3v) is 2.83. The summed E-state index contributed by atoms with van der Waals surface area (Å²) < 4.78 is 14.5. The summed E-state index contributed by atoms with van der Waals surface area (Å²) in [6, 6.07) is 12.5. The number of anilines is 1. The van der Waals surface area contributed by atoms with Gasteiger partial charge in [-0.1, -0.05) is 6.07 Å². The predicted molar refractivity (Wildman–Crippen MR) is 73.5 cm³/mol. The summed E-state index contributed by atoms with van der Waals surface area (Å²) in [4.78, 5) is 12.0. The number of amides is 1. The Kier molecular flexibility index (Phi) is 3.38. The smallest absolute Gasteiger partial charge is 0.255 e. The number of carbonyl (C=O) groups is 1. The molecule has 1 N–H and O–H groups in total. The van der Waals surface area contributed by atoms with Crippen LogP contribution in [0.5, 0.6) is 0 Å². The molecule has 1 amide bonds. The Labute approximate surface area is 119 Å². The van der Waals surface area contributed by atoms with Gasteiger partial charge in [0.2, 0.25) is 0 Å². The first-order chi connectivity index (χ1) is 10.2. The molecule has 0 radical (unpaired) electrons. The molecule has 104 valence electrons. The van der Waals surface area contributed by atoms with Crippen molar-refractivity contribution < 1.29 is 9.18 Å². The molecular weight excluding hydrogens is 273 g/mol. The minimum absolute atomic E-state index is 0.316. The lowest BCUT2D eigenvalue weighted by molar-refractivity contribution is 0.102. The van der Waals surface area contributed by atoms with Gasteiger partial charge in [0.05, 0.1) is 5.69 Å². The van der Waals surface area contributed by atoms with E-state index in [1.165, 1.54) is 29.2 Å². The minimum Gasteiger partial charge on any atom is -0.322 e. The Morgan fingerprint density at radius 2 is 1.95 bits per heavy atom. The van der Waals surface area contributed by atoms with Crippen molar-refractivity contribution in [3.8, 4) is 5.69 Å². The summed E-state index contributed by atoms with van der Waals surface area (Å²) in [7, 11) is 0. The van der Waals surface area contributed by atoms with Gasteiger partial charge >= 0.3 is 0 Å². The highest BCUT2D eigenvalue weighted by molar-refractivity contribution is 6.04. The van der Waals surface area contributed by atoms with Crippen LogP contribution in [-0.4, -0.2) is 26.1 Å². The summed E-state index contributed by atoms with van der Waals surface area (Å²) in [5, 5.41) is 13.5. The SMILES string of the molecule is O=C(Nc1cccc(F)c1)c1ccc(-n2cnnn2)cc1. The quantitative estimate of drug-likeness (QED) is 0.798. The summed E-state index contributed by atoms with van der Waals surface area (Å²) in [6.07, 6.45) is 1.46. The number of tetrazole rings is 1. The van der Waals surface area contributed by atoms with Crippen molar-refractivity contribution in [1.82, 2.24) is 20.2 Å². The van der Waals surface area contributed by atoms with Crippen LogP contribution in [0.15, 0.2) is 54.9 Å². The molecular formula is C14H10FN5O. The largest absolute Gasteiger partial charge is 0.322 e. The molecule has 0 saturated heterocycles. The van der Waals surface area contributed by atoms with Crippen LogP contribution in [0.1, 0.15) is 10.4 Å². The molecule has 0 unspecified atom stereocenters. The van der Waals surface area contributed by atoms with Gasteiger partial charge in [-0.2, -0.15) is 0 Å². The van der Waals surface area contributed by atoms with Crippen LogP contribution in [0.4, 0.5) is 10.1 Å². The molecule has 0 aliphatic heterocycles. The molecule has 3 aromatic rings. The van der Waals surface area contributed by atoms with Gasteiger partial charge in [0.15, 0.2) is 0 Å². The van der Waals surface area contributed by atoms with E-state index in [9.17, 15) is 9.18 Å². The van der Waals surface area contributed by atoms with E-state index in [1.54, 1.807) is 30.3 Å². The van der Waals surface area contributed by atoms with E-state index in [-0.39, 0.29) is 5.91 Å². The van der Waals surface area contributed by atoms with Crippen LogP contribution in [0, 0.1) is 5.82 Å². The number of hydrogen-bond donors (Lipinski definition) is 1. The van der Waals surface area contributed by atoms with E-state index < -0.39 is 5.82 Å². The first-order valence-corrected chi connectivity index (χ1v) is 6.13. The molecule has 0 fully saturated rings. The molecule has 1 heterocycles. The zero-order valence-corrected chi connectivity index (χ0v) is 10.8. The van der Waals surface area contributed by atoms with Gasteiger partial charge in [-0.25, -0.2) is 9.07 Å². The van der Waals surface area contributed by atoms with Crippen molar-refractivity contribution in [2.24, 2.45) is 0 Å². The van der Waals surface area contributed by atoms with E-state index in [1.807, 2.05) is 0 Å². The highest BCUT2D eigenvalue weighted by Crippen LogP contribution is 2.12. The topological polar surface area (TPSA) is 72.7 Å². The second kappa shape index (κ2) is 5.49. The van der Waals surface area contributed by atoms with Gasteiger partial charge in [0, 0.05) is 11.3 Å². The summed E-state index contributed by atoms with van der Waals surface area (Å²) >= 11 is 0. The fourth-order valence-electron chi connectivity index (χ4n) is 1.81. The van der Waals surface area contributed by atoms with Crippen LogP contribution in [-0.2, 0) is 0 Å². The maximum Gasteiger partial charge on any atom is 0.255 e. The number of nitrogens with one attached hydrogen (secondary N) is 1. The fourth-order valence-corrected chi connectivity index (χ4v) is 1.81. The molecule has 0 atom stereocenters. The Morgan fingerprint density at radius 3 is 2.62 bits per heavy atom. The van der Waals surface area contributed by atoms with Gasteiger partial charge in [-0.3, -0.25) is 4.79 Å². The maximum absolute atomic E-state index is 13.1. The molecule has 3 rings (SSSR count). The molecule has 0 spiro atoms. The molecule has 6 nitrogen and oxygen atoms in total. The monoisotopic (exact) mass is 283 g/mol. The van der Waals surface area contributed by atoms with E-state index >= 15 is 0 Å². The summed E-state index contributed by atoms with van der Waals surface area (Å²) in [5.41, 5.74) is 1.60.